The highest BCUT2D eigenvalue weighted by Crippen LogP contribution is 2.31. The lowest BCUT2D eigenvalue weighted by Crippen LogP contribution is -2.38. The molecule has 0 bridgehead atoms. The summed E-state index contributed by atoms with van der Waals surface area (Å²) in [5, 5.41) is 2.60. The Labute approximate surface area is 126 Å². The molecule has 21 heavy (non-hydrogen) atoms. The summed E-state index contributed by atoms with van der Waals surface area (Å²) in [6.45, 7) is 7.07. The fourth-order valence-corrected chi connectivity index (χ4v) is 4.63. The Hall–Kier alpha value is -2.00. The van der Waals surface area contributed by atoms with Gasteiger partial charge in [0, 0.05) is 17.0 Å². The van der Waals surface area contributed by atoms with Crippen LogP contribution in [0.25, 0.3) is 22.3 Å². The van der Waals surface area contributed by atoms with Crippen molar-refractivity contribution in [2.45, 2.75) is 19.6 Å². The molecule has 0 N–H and O–H groups in total. The molecule has 2 nitrogen and oxygen atoms in total. The van der Waals surface area contributed by atoms with Crippen molar-refractivity contribution in [1.29, 1.82) is 0 Å². The summed E-state index contributed by atoms with van der Waals surface area (Å²) in [7, 11) is 0.147. The van der Waals surface area contributed by atoms with Crippen molar-refractivity contribution in [3.05, 3.63) is 48.5 Å². The molecule has 2 aromatic carbocycles. The summed E-state index contributed by atoms with van der Waals surface area (Å²) < 4.78 is 11.5. The Kier molecular flexibility index (Phi) is 3.37. The van der Waals surface area contributed by atoms with Gasteiger partial charge in [-0.15, -0.1) is 0 Å². The number of benzene rings is 2. The molecule has 0 atom stereocenters. The minimum absolute atomic E-state index is 0.831. The summed E-state index contributed by atoms with van der Waals surface area (Å²) in [5.41, 5.74) is 2.05. The van der Waals surface area contributed by atoms with Gasteiger partial charge < -0.3 is 9.15 Å². The van der Waals surface area contributed by atoms with Crippen LogP contribution in [0.2, 0.25) is 19.6 Å². The van der Waals surface area contributed by atoms with E-state index in [2.05, 4.69) is 50.0 Å². The molecule has 0 radical (unpaired) electrons. The first-order chi connectivity index (χ1) is 10.0. The molecule has 0 fully saturated rings. The lowest BCUT2D eigenvalue weighted by atomic mass is 10.1. The summed E-state index contributed by atoms with van der Waals surface area (Å²) in [5.74, 6) is 1.84. The predicted octanol–water partition coefficient (Wildman–Crippen LogP) is 4.65. The third-order valence-corrected chi connectivity index (χ3v) is 5.68. The minimum atomic E-state index is -1.54. The average molecular weight is 296 g/mol. The maximum absolute atomic E-state index is 6.21. The normalized spacial score (nSPS) is 11.8. The molecule has 0 aliphatic rings. The van der Waals surface area contributed by atoms with E-state index in [0.717, 1.165) is 22.7 Å². The number of furan rings is 1. The maximum Gasteiger partial charge on any atom is 0.138 e. The van der Waals surface area contributed by atoms with E-state index in [4.69, 9.17) is 9.15 Å². The van der Waals surface area contributed by atoms with Crippen molar-refractivity contribution in [2.75, 3.05) is 7.11 Å². The lowest BCUT2D eigenvalue weighted by Gasteiger charge is -2.17. The van der Waals surface area contributed by atoms with Crippen molar-refractivity contribution >= 4 is 24.2 Å². The van der Waals surface area contributed by atoms with Gasteiger partial charge in [-0.1, -0.05) is 50.0 Å². The van der Waals surface area contributed by atoms with Crippen LogP contribution in [0.15, 0.2) is 52.9 Å². The van der Waals surface area contributed by atoms with Crippen molar-refractivity contribution in [1.82, 2.24) is 0 Å². The first-order valence-corrected chi connectivity index (χ1v) is 10.7. The Balaban J connectivity index is 2.33. The van der Waals surface area contributed by atoms with E-state index in [9.17, 15) is 0 Å². The molecule has 0 aliphatic heterocycles. The maximum atomic E-state index is 6.21. The standard InChI is InChI=1S/C18H20O2Si/c1-19-14-10-11-15-16(12-14)20-17(18(15)21(2,3)4)13-8-6-5-7-9-13/h5-12H,1-4H3. The van der Waals surface area contributed by atoms with E-state index in [0.29, 0.717) is 0 Å². The number of rotatable bonds is 3. The zero-order chi connectivity index (χ0) is 15.0. The zero-order valence-corrected chi connectivity index (χ0v) is 13.9. The lowest BCUT2D eigenvalue weighted by molar-refractivity contribution is 0.414. The fraction of sp³-hybridized carbons (Fsp3) is 0.222. The summed E-state index contributed by atoms with van der Waals surface area (Å²) in [6, 6.07) is 16.5. The second kappa shape index (κ2) is 5.08. The molecule has 0 aliphatic carbocycles. The minimum Gasteiger partial charge on any atom is -0.497 e. The molecule has 0 amide bonds. The molecule has 0 unspecified atom stereocenters. The van der Waals surface area contributed by atoms with Gasteiger partial charge in [0.05, 0.1) is 15.2 Å². The van der Waals surface area contributed by atoms with E-state index in [-0.39, 0.29) is 0 Å². The van der Waals surface area contributed by atoms with Crippen LogP contribution < -0.4 is 9.92 Å². The smallest absolute Gasteiger partial charge is 0.138 e. The van der Waals surface area contributed by atoms with E-state index in [1.165, 1.54) is 10.6 Å². The molecular formula is C18H20O2Si. The first-order valence-electron chi connectivity index (χ1n) is 7.17. The Morgan fingerprint density at radius 3 is 2.29 bits per heavy atom. The predicted molar refractivity (Wildman–Crippen MR) is 91.2 cm³/mol. The van der Waals surface area contributed by atoms with E-state index in [1.807, 2.05) is 18.2 Å². The van der Waals surface area contributed by atoms with E-state index >= 15 is 0 Å². The second-order valence-electron chi connectivity index (χ2n) is 6.28. The van der Waals surface area contributed by atoms with Crippen molar-refractivity contribution in [3.63, 3.8) is 0 Å². The van der Waals surface area contributed by atoms with Gasteiger partial charge in [0.2, 0.25) is 0 Å². The van der Waals surface area contributed by atoms with Crippen molar-refractivity contribution in [2.24, 2.45) is 0 Å². The van der Waals surface area contributed by atoms with Gasteiger partial charge in [0.25, 0.3) is 0 Å². The molecule has 3 aromatic rings. The first kappa shape index (κ1) is 14.0. The van der Waals surface area contributed by atoms with Gasteiger partial charge in [-0.05, 0) is 17.3 Å². The summed E-state index contributed by atoms with van der Waals surface area (Å²) in [6.07, 6.45) is 0. The largest absolute Gasteiger partial charge is 0.497 e. The quantitative estimate of drug-likeness (QED) is 0.656. The third-order valence-electron chi connectivity index (χ3n) is 3.68. The monoisotopic (exact) mass is 296 g/mol. The van der Waals surface area contributed by atoms with Crippen LogP contribution in [0.4, 0.5) is 0 Å². The highest BCUT2D eigenvalue weighted by Gasteiger charge is 2.27. The van der Waals surface area contributed by atoms with Gasteiger partial charge in [-0.2, -0.15) is 0 Å². The molecule has 0 saturated carbocycles. The number of ether oxygens (including phenoxy) is 1. The second-order valence-corrected chi connectivity index (χ2v) is 11.3. The number of fused-ring (bicyclic) bond motifs is 1. The van der Waals surface area contributed by atoms with Crippen molar-refractivity contribution in [3.8, 4) is 17.1 Å². The highest BCUT2D eigenvalue weighted by atomic mass is 28.3. The Morgan fingerprint density at radius 2 is 1.67 bits per heavy atom. The average Bonchev–Trinajstić information content (AvgIpc) is 2.86. The van der Waals surface area contributed by atoms with Crippen molar-refractivity contribution < 1.29 is 9.15 Å². The van der Waals surface area contributed by atoms with Crippen LogP contribution in [0.5, 0.6) is 5.75 Å². The Bertz CT molecular complexity index is 767. The van der Waals surface area contributed by atoms with Crippen LogP contribution in [-0.2, 0) is 0 Å². The number of hydrogen-bond acceptors (Lipinski definition) is 2. The molecule has 108 valence electrons. The van der Waals surface area contributed by atoms with Crippen LogP contribution in [0, 0.1) is 0 Å². The molecular weight excluding hydrogens is 276 g/mol. The van der Waals surface area contributed by atoms with E-state index in [1.54, 1.807) is 7.11 Å². The Morgan fingerprint density at radius 1 is 0.952 bits per heavy atom. The highest BCUT2D eigenvalue weighted by molar-refractivity contribution is 6.91. The van der Waals surface area contributed by atoms with Gasteiger partial charge in [0.15, 0.2) is 0 Å². The van der Waals surface area contributed by atoms with Crippen LogP contribution >= 0.6 is 0 Å². The van der Waals surface area contributed by atoms with Crippen LogP contribution in [0.3, 0.4) is 0 Å². The molecule has 3 rings (SSSR count). The topological polar surface area (TPSA) is 22.4 Å². The zero-order valence-electron chi connectivity index (χ0n) is 12.9. The number of methoxy groups -OCH3 is 1. The van der Waals surface area contributed by atoms with Gasteiger partial charge in [-0.3, -0.25) is 0 Å². The fourth-order valence-electron chi connectivity index (χ4n) is 2.74. The molecule has 3 heteroatoms. The SMILES string of the molecule is COc1ccc2c([Si](C)(C)C)c(-c3ccccc3)oc2c1. The number of hydrogen-bond donors (Lipinski definition) is 0. The molecule has 1 aromatic heterocycles. The van der Waals surface area contributed by atoms with Gasteiger partial charge in [0.1, 0.15) is 17.1 Å². The van der Waals surface area contributed by atoms with Gasteiger partial charge in [-0.25, -0.2) is 0 Å². The molecule has 1 heterocycles. The summed E-state index contributed by atoms with van der Waals surface area (Å²) >= 11 is 0. The molecule has 0 saturated heterocycles. The summed E-state index contributed by atoms with van der Waals surface area (Å²) in [4.78, 5) is 0. The van der Waals surface area contributed by atoms with E-state index < -0.39 is 8.07 Å². The van der Waals surface area contributed by atoms with Crippen LogP contribution in [-0.4, -0.2) is 15.2 Å². The van der Waals surface area contributed by atoms with Gasteiger partial charge >= 0.3 is 0 Å². The van der Waals surface area contributed by atoms with Crippen LogP contribution in [0.1, 0.15) is 0 Å². The molecule has 0 spiro atoms. The third kappa shape index (κ3) is 2.49.